The van der Waals surface area contributed by atoms with Crippen LogP contribution >= 0.6 is 11.8 Å². The first kappa shape index (κ1) is 17.2. The smallest absolute Gasteiger partial charge is 0.119 e. The number of hydrogen-bond acceptors (Lipinski definition) is 5. The zero-order valence-corrected chi connectivity index (χ0v) is 14.5. The summed E-state index contributed by atoms with van der Waals surface area (Å²) in [7, 11) is 2.15. The van der Waals surface area contributed by atoms with Crippen molar-refractivity contribution in [2.45, 2.75) is 31.7 Å². The maximum atomic E-state index is 5.81. The van der Waals surface area contributed by atoms with E-state index in [4.69, 9.17) is 10.5 Å². The van der Waals surface area contributed by atoms with Crippen LogP contribution in [0.1, 0.15) is 31.2 Å². The Morgan fingerprint density at radius 1 is 1.32 bits per heavy atom. The Labute approximate surface area is 138 Å². The van der Waals surface area contributed by atoms with Gasteiger partial charge < -0.3 is 20.7 Å². The first-order valence-electron chi connectivity index (χ1n) is 7.85. The van der Waals surface area contributed by atoms with E-state index in [1.165, 1.54) is 10.5 Å². The molecule has 3 N–H and O–H groups in total. The minimum atomic E-state index is 0.271. The molecule has 1 aromatic carbocycles. The highest BCUT2D eigenvalue weighted by Gasteiger charge is 2.17. The molecule has 0 spiro atoms. The molecule has 1 unspecified atom stereocenters. The zero-order valence-electron chi connectivity index (χ0n) is 13.7. The molecule has 0 aliphatic carbocycles. The van der Waals surface area contributed by atoms with Crippen molar-refractivity contribution in [3.05, 3.63) is 40.9 Å². The van der Waals surface area contributed by atoms with Crippen molar-refractivity contribution >= 4 is 11.8 Å². The molecular weight excluding hydrogens is 294 g/mol. The summed E-state index contributed by atoms with van der Waals surface area (Å²) in [6.45, 7) is 6.83. The number of nitrogens with two attached hydrogens (primary N) is 1. The predicted molar refractivity (Wildman–Crippen MR) is 94.9 cm³/mol. The van der Waals surface area contributed by atoms with Gasteiger partial charge in [0.05, 0.1) is 6.61 Å². The predicted octanol–water partition coefficient (Wildman–Crippen LogP) is 2.93. The van der Waals surface area contributed by atoms with Crippen LogP contribution in [0.5, 0.6) is 5.75 Å². The van der Waals surface area contributed by atoms with Crippen LogP contribution in [0.4, 0.5) is 0 Å². The van der Waals surface area contributed by atoms with Crippen molar-refractivity contribution in [1.29, 1.82) is 0 Å². The first-order chi connectivity index (χ1) is 10.6. The fourth-order valence-corrected chi connectivity index (χ4v) is 3.12. The quantitative estimate of drug-likeness (QED) is 0.721. The normalized spacial score (nSPS) is 17.7. The third-order valence-corrected chi connectivity index (χ3v) is 5.09. The van der Waals surface area contributed by atoms with Crippen LogP contribution in [0.3, 0.4) is 0 Å². The first-order valence-corrected chi connectivity index (χ1v) is 8.73. The van der Waals surface area contributed by atoms with E-state index in [2.05, 4.69) is 43.2 Å². The molecule has 0 aromatic heterocycles. The molecule has 0 fully saturated rings. The van der Waals surface area contributed by atoms with E-state index in [9.17, 15) is 0 Å². The molecule has 122 valence electrons. The molecule has 5 heteroatoms. The molecule has 0 saturated heterocycles. The van der Waals surface area contributed by atoms with Gasteiger partial charge in [-0.3, -0.25) is 0 Å². The SMILES string of the molecule is CC(C)N(C)CCCOc1ccc(C2NC=C(CN)S2)cc1. The van der Waals surface area contributed by atoms with Gasteiger partial charge in [0.25, 0.3) is 0 Å². The Hall–Kier alpha value is -1.17. The third kappa shape index (κ3) is 4.93. The molecule has 4 nitrogen and oxygen atoms in total. The number of benzene rings is 1. The minimum Gasteiger partial charge on any atom is -0.494 e. The van der Waals surface area contributed by atoms with Gasteiger partial charge in [-0.25, -0.2) is 0 Å². The zero-order chi connectivity index (χ0) is 15.9. The average molecular weight is 321 g/mol. The molecule has 1 heterocycles. The molecule has 2 rings (SSSR count). The van der Waals surface area contributed by atoms with E-state index in [-0.39, 0.29) is 5.37 Å². The maximum absolute atomic E-state index is 5.81. The van der Waals surface area contributed by atoms with Crippen LogP contribution in [-0.2, 0) is 0 Å². The lowest BCUT2D eigenvalue weighted by atomic mass is 10.2. The highest BCUT2D eigenvalue weighted by Crippen LogP contribution is 2.36. The molecule has 1 aliphatic heterocycles. The van der Waals surface area contributed by atoms with Gasteiger partial charge in [-0.15, -0.1) is 0 Å². The highest BCUT2D eigenvalue weighted by molar-refractivity contribution is 8.03. The number of thioether (sulfide) groups is 1. The fourth-order valence-electron chi connectivity index (χ4n) is 2.16. The summed E-state index contributed by atoms with van der Waals surface area (Å²) in [5.74, 6) is 0.936. The number of rotatable bonds is 8. The van der Waals surface area contributed by atoms with Crippen molar-refractivity contribution in [3.63, 3.8) is 0 Å². The Kier molecular flexibility index (Phi) is 6.61. The molecule has 1 aromatic rings. The van der Waals surface area contributed by atoms with Crippen molar-refractivity contribution in [2.75, 3.05) is 26.7 Å². The molecule has 0 bridgehead atoms. The van der Waals surface area contributed by atoms with Crippen LogP contribution < -0.4 is 15.8 Å². The standard InChI is InChI=1S/C17H27N3OS/c1-13(2)20(3)9-4-10-21-15-7-5-14(6-8-15)17-19-12-16(11-18)22-17/h5-8,12-13,17,19H,4,9-11,18H2,1-3H3. The summed E-state index contributed by atoms with van der Waals surface area (Å²) < 4.78 is 5.81. The van der Waals surface area contributed by atoms with Crippen LogP contribution in [0.25, 0.3) is 0 Å². The summed E-state index contributed by atoms with van der Waals surface area (Å²) in [5.41, 5.74) is 6.90. The molecule has 1 aliphatic rings. The Balaban J connectivity index is 1.73. The number of ether oxygens (including phenoxy) is 1. The van der Waals surface area contributed by atoms with E-state index in [1.54, 1.807) is 11.8 Å². The van der Waals surface area contributed by atoms with Crippen molar-refractivity contribution < 1.29 is 4.74 Å². The van der Waals surface area contributed by atoms with Gasteiger partial charge in [-0.2, -0.15) is 0 Å². The number of nitrogens with zero attached hydrogens (tertiary/aromatic N) is 1. The molecule has 0 amide bonds. The molecular formula is C17H27N3OS. The van der Waals surface area contributed by atoms with Gasteiger partial charge >= 0.3 is 0 Å². The molecule has 22 heavy (non-hydrogen) atoms. The van der Waals surface area contributed by atoms with Gasteiger partial charge in [0, 0.05) is 30.2 Å². The maximum Gasteiger partial charge on any atom is 0.119 e. The van der Waals surface area contributed by atoms with Crippen LogP contribution in [-0.4, -0.2) is 37.7 Å². The Morgan fingerprint density at radius 2 is 2.05 bits per heavy atom. The molecule has 1 atom stereocenters. The van der Waals surface area contributed by atoms with Crippen molar-refractivity contribution in [3.8, 4) is 5.75 Å². The molecule has 0 radical (unpaired) electrons. The summed E-state index contributed by atoms with van der Waals surface area (Å²) in [6, 6.07) is 8.91. The lowest BCUT2D eigenvalue weighted by molar-refractivity contribution is 0.234. The largest absolute Gasteiger partial charge is 0.494 e. The topological polar surface area (TPSA) is 50.5 Å². The van der Waals surface area contributed by atoms with Gasteiger partial charge in [0.2, 0.25) is 0 Å². The summed E-state index contributed by atoms with van der Waals surface area (Å²) in [6.07, 6.45) is 3.05. The van der Waals surface area contributed by atoms with E-state index < -0.39 is 0 Å². The highest BCUT2D eigenvalue weighted by atomic mass is 32.2. The third-order valence-electron chi connectivity index (χ3n) is 3.85. The van der Waals surface area contributed by atoms with Crippen LogP contribution in [0.2, 0.25) is 0 Å². The van der Waals surface area contributed by atoms with Gasteiger partial charge in [-0.05, 0) is 45.0 Å². The lowest BCUT2D eigenvalue weighted by Crippen LogP contribution is -2.28. The number of hydrogen-bond donors (Lipinski definition) is 2. The minimum absolute atomic E-state index is 0.271. The van der Waals surface area contributed by atoms with Crippen molar-refractivity contribution in [2.24, 2.45) is 5.73 Å². The molecule has 0 saturated carbocycles. The summed E-state index contributed by atoms with van der Waals surface area (Å²) >= 11 is 1.78. The summed E-state index contributed by atoms with van der Waals surface area (Å²) in [4.78, 5) is 3.52. The Morgan fingerprint density at radius 3 is 2.64 bits per heavy atom. The van der Waals surface area contributed by atoms with Crippen LogP contribution in [0.15, 0.2) is 35.4 Å². The van der Waals surface area contributed by atoms with Gasteiger partial charge in [0.15, 0.2) is 0 Å². The summed E-state index contributed by atoms with van der Waals surface area (Å²) in [5, 5.41) is 3.61. The van der Waals surface area contributed by atoms with Crippen LogP contribution in [0, 0.1) is 0 Å². The average Bonchev–Trinajstić information content (AvgIpc) is 3.01. The second-order valence-corrected chi connectivity index (χ2v) is 7.06. The monoisotopic (exact) mass is 321 g/mol. The fraction of sp³-hybridized carbons (Fsp3) is 0.529. The van der Waals surface area contributed by atoms with E-state index in [0.717, 1.165) is 25.3 Å². The number of nitrogens with one attached hydrogen (secondary N) is 1. The lowest BCUT2D eigenvalue weighted by Gasteiger charge is -2.20. The second-order valence-electron chi connectivity index (χ2n) is 5.82. The van der Waals surface area contributed by atoms with E-state index in [0.29, 0.717) is 12.6 Å². The van der Waals surface area contributed by atoms with E-state index >= 15 is 0 Å². The van der Waals surface area contributed by atoms with Crippen molar-refractivity contribution in [1.82, 2.24) is 10.2 Å². The van der Waals surface area contributed by atoms with E-state index in [1.807, 2.05) is 18.3 Å². The Bertz CT molecular complexity index is 487. The van der Waals surface area contributed by atoms with Gasteiger partial charge in [0.1, 0.15) is 11.1 Å². The second kappa shape index (κ2) is 8.46. The van der Waals surface area contributed by atoms with Gasteiger partial charge in [-0.1, -0.05) is 23.9 Å².